The van der Waals surface area contributed by atoms with Crippen molar-refractivity contribution in [1.82, 2.24) is 0 Å². The Kier molecular flexibility index (Phi) is 7.24. The molecule has 0 fully saturated rings. The van der Waals surface area contributed by atoms with Crippen LogP contribution < -0.4 is 10.1 Å². The number of anilines is 1. The van der Waals surface area contributed by atoms with Gasteiger partial charge in [0.1, 0.15) is 19.0 Å². The molecule has 1 amide bonds. The summed E-state index contributed by atoms with van der Waals surface area (Å²) < 4.78 is 10.4. The molecule has 2 aromatic rings. The molecule has 0 saturated carbocycles. The Labute approximate surface area is 153 Å². The molecule has 6 nitrogen and oxygen atoms in total. The Morgan fingerprint density at radius 1 is 1.19 bits per heavy atom. The summed E-state index contributed by atoms with van der Waals surface area (Å²) in [6.45, 7) is 6.13. The summed E-state index contributed by atoms with van der Waals surface area (Å²) in [5.41, 5.74) is 3.20. The summed E-state index contributed by atoms with van der Waals surface area (Å²) in [6, 6.07) is 14.9. The van der Waals surface area contributed by atoms with Crippen molar-refractivity contribution >= 4 is 17.5 Å². The minimum Gasteiger partial charge on any atom is -0.489 e. The second kappa shape index (κ2) is 9.88. The fourth-order valence-electron chi connectivity index (χ4n) is 2.12. The fraction of sp³-hybridized carbons (Fsp3) is 0.200. The first-order chi connectivity index (χ1) is 12.6. The van der Waals surface area contributed by atoms with Crippen molar-refractivity contribution in [2.75, 3.05) is 19.0 Å². The lowest BCUT2D eigenvalue weighted by molar-refractivity contribution is 0.175. The van der Waals surface area contributed by atoms with Gasteiger partial charge in [-0.25, -0.2) is 4.79 Å². The largest absolute Gasteiger partial charge is 0.489 e. The lowest BCUT2D eigenvalue weighted by Crippen LogP contribution is -2.13. The van der Waals surface area contributed by atoms with E-state index in [-0.39, 0.29) is 0 Å². The predicted molar refractivity (Wildman–Crippen MR) is 102 cm³/mol. The zero-order valence-electron chi connectivity index (χ0n) is 14.9. The Morgan fingerprint density at radius 3 is 2.62 bits per heavy atom. The van der Waals surface area contributed by atoms with Gasteiger partial charge in [0.15, 0.2) is 0 Å². The molecule has 6 heteroatoms. The quantitative estimate of drug-likeness (QED) is 0.331. The zero-order chi connectivity index (χ0) is 18.8. The topological polar surface area (TPSA) is 69.2 Å². The highest BCUT2D eigenvalue weighted by Crippen LogP contribution is 2.19. The van der Waals surface area contributed by atoms with Crippen LogP contribution in [0.3, 0.4) is 0 Å². The van der Waals surface area contributed by atoms with Crippen molar-refractivity contribution in [2.45, 2.75) is 13.5 Å². The normalized spacial score (nSPS) is 10.8. The maximum atomic E-state index is 11.4. The van der Waals surface area contributed by atoms with Gasteiger partial charge in [0.25, 0.3) is 0 Å². The van der Waals surface area contributed by atoms with Crippen LogP contribution in [0.1, 0.15) is 18.1 Å². The van der Waals surface area contributed by atoms with Crippen molar-refractivity contribution in [3.63, 3.8) is 0 Å². The molecule has 0 aromatic heterocycles. The number of nitrogens with zero attached hydrogens (tertiary/aromatic N) is 1. The van der Waals surface area contributed by atoms with Gasteiger partial charge in [-0.3, -0.25) is 5.32 Å². The molecule has 0 aliphatic heterocycles. The molecule has 26 heavy (non-hydrogen) atoms. The molecule has 0 unspecified atom stereocenters. The molecule has 0 bridgehead atoms. The Balaban J connectivity index is 1.99. The molecule has 2 aromatic carbocycles. The van der Waals surface area contributed by atoms with E-state index in [0.717, 1.165) is 16.8 Å². The van der Waals surface area contributed by atoms with Crippen LogP contribution in [0.25, 0.3) is 0 Å². The molecule has 0 atom stereocenters. The van der Waals surface area contributed by atoms with E-state index < -0.39 is 6.09 Å². The van der Waals surface area contributed by atoms with Crippen molar-refractivity contribution in [3.8, 4) is 5.75 Å². The molecule has 0 aliphatic rings. The standard InChI is InChI=1S/C20H22N2O4/c1-4-13-26-22-15(2)16-9-11-18(12-10-16)25-14-17-7-5-6-8-19(17)21-20(23)24-3/h4-12H,1,13-14H2,2-3H3,(H,21,23)/b22-15+. The van der Waals surface area contributed by atoms with E-state index in [2.05, 4.69) is 21.8 Å². The Morgan fingerprint density at radius 2 is 1.92 bits per heavy atom. The van der Waals surface area contributed by atoms with Crippen LogP contribution in [-0.4, -0.2) is 25.5 Å². The molecule has 0 aliphatic carbocycles. The van der Waals surface area contributed by atoms with Crippen molar-refractivity contribution in [1.29, 1.82) is 0 Å². The Hall–Kier alpha value is -3.28. The van der Waals surface area contributed by atoms with E-state index in [1.54, 1.807) is 12.1 Å². The van der Waals surface area contributed by atoms with Gasteiger partial charge in [0.2, 0.25) is 0 Å². The summed E-state index contributed by atoms with van der Waals surface area (Å²) in [5.74, 6) is 0.710. The summed E-state index contributed by atoms with van der Waals surface area (Å²) >= 11 is 0. The van der Waals surface area contributed by atoms with Gasteiger partial charge in [-0.1, -0.05) is 36.0 Å². The molecule has 2 rings (SSSR count). The number of methoxy groups -OCH3 is 1. The first-order valence-corrected chi connectivity index (χ1v) is 8.07. The third-order valence-corrected chi connectivity index (χ3v) is 3.50. The average Bonchev–Trinajstić information content (AvgIpc) is 2.67. The summed E-state index contributed by atoms with van der Waals surface area (Å²) in [7, 11) is 1.32. The number of oxime groups is 1. The fourth-order valence-corrected chi connectivity index (χ4v) is 2.12. The monoisotopic (exact) mass is 354 g/mol. The van der Waals surface area contributed by atoms with E-state index in [1.807, 2.05) is 49.4 Å². The number of benzene rings is 2. The average molecular weight is 354 g/mol. The van der Waals surface area contributed by atoms with Crippen LogP contribution in [0.4, 0.5) is 10.5 Å². The smallest absolute Gasteiger partial charge is 0.411 e. The molecule has 136 valence electrons. The molecule has 0 saturated heterocycles. The van der Waals surface area contributed by atoms with Gasteiger partial charge in [0, 0.05) is 5.56 Å². The number of ether oxygens (including phenoxy) is 2. The Bertz CT molecular complexity index is 770. The van der Waals surface area contributed by atoms with Gasteiger partial charge in [0.05, 0.1) is 18.5 Å². The maximum absolute atomic E-state index is 11.4. The molecule has 1 N–H and O–H groups in total. The number of hydrogen-bond donors (Lipinski definition) is 1. The number of hydrogen-bond acceptors (Lipinski definition) is 5. The summed E-state index contributed by atoms with van der Waals surface area (Å²) in [6.07, 6.45) is 1.12. The van der Waals surface area contributed by atoms with Crippen molar-refractivity contribution in [3.05, 3.63) is 72.3 Å². The molecular formula is C20H22N2O4. The maximum Gasteiger partial charge on any atom is 0.411 e. The SMILES string of the molecule is C=CCO/N=C(\C)c1ccc(OCc2ccccc2NC(=O)OC)cc1. The molecular weight excluding hydrogens is 332 g/mol. The third-order valence-electron chi connectivity index (χ3n) is 3.50. The number of carbonyl (C=O) groups is 1. The summed E-state index contributed by atoms with van der Waals surface area (Å²) in [4.78, 5) is 16.5. The number of para-hydroxylation sites is 1. The van der Waals surface area contributed by atoms with E-state index in [1.165, 1.54) is 7.11 Å². The first kappa shape index (κ1) is 19.1. The van der Waals surface area contributed by atoms with Crippen LogP contribution in [-0.2, 0) is 16.2 Å². The van der Waals surface area contributed by atoms with Crippen LogP contribution in [0.5, 0.6) is 5.75 Å². The van der Waals surface area contributed by atoms with Crippen molar-refractivity contribution in [2.24, 2.45) is 5.16 Å². The van der Waals surface area contributed by atoms with Gasteiger partial charge < -0.3 is 14.3 Å². The van der Waals surface area contributed by atoms with Crippen LogP contribution in [0.15, 0.2) is 66.3 Å². The number of nitrogens with one attached hydrogen (secondary N) is 1. The minimum absolute atomic E-state index is 0.315. The van der Waals surface area contributed by atoms with Gasteiger partial charge in [-0.15, -0.1) is 0 Å². The summed E-state index contributed by atoms with van der Waals surface area (Å²) in [5, 5.41) is 6.67. The van der Waals surface area contributed by atoms with Gasteiger partial charge in [-0.05, 0) is 42.8 Å². The van der Waals surface area contributed by atoms with E-state index in [9.17, 15) is 4.79 Å². The van der Waals surface area contributed by atoms with Crippen molar-refractivity contribution < 1.29 is 19.1 Å². The molecule has 0 heterocycles. The second-order valence-electron chi connectivity index (χ2n) is 5.35. The highest BCUT2D eigenvalue weighted by Gasteiger charge is 2.07. The van der Waals surface area contributed by atoms with E-state index in [4.69, 9.17) is 9.57 Å². The van der Waals surface area contributed by atoms with Crippen LogP contribution >= 0.6 is 0 Å². The second-order valence-corrected chi connectivity index (χ2v) is 5.35. The molecule has 0 spiro atoms. The number of rotatable bonds is 8. The van der Waals surface area contributed by atoms with Crippen LogP contribution in [0.2, 0.25) is 0 Å². The highest BCUT2D eigenvalue weighted by atomic mass is 16.6. The van der Waals surface area contributed by atoms with Crippen LogP contribution in [0, 0.1) is 0 Å². The lowest BCUT2D eigenvalue weighted by Gasteiger charge is -2.12. The van der Waals surface area contributed by atoms with Gasteiger partial charge >= 0.3 is 6.09 Å². The third kappa shape index (κ3) is 5.66. The lowest BCUT2D eigenvalue weighted by atomic mass is 10.1. The minimum atomic E-state index is -0.518. The molecule has 0 radical (unpaired) electrons. The highest BCUT2D eigenvalue weighted by molar-refractivity contribution is 5.98. The predicted octanol–water partition coefficient (Wildman–Crippen LogP) is 4.37. The number of amides is 1. The first-order valence-electron chi connectivity index (χ1n) is 8.07. The number of carbonyl (C=O) groups excluding carboxylic acids is 1. The zero-order valence-corrected chi connectivity index (χ0v) is 14.9. The van der Waals surface area contributed by atoms with E-state index >= 15 is 0 Å². The van der Waals surface area contributed by atoms with Gasteiger partial charge in [-0.2, -0.15) is 0 Å². The van der Waals surface area contributed by atoms with E-state index in [0.29, 0.717) is 24.7 Å².